The summed E-state index contributed by atoms with van der Waals surface area (Å²) in [6.45, 7) is 5.60. The zero-order chi connectivity index (χ0) is 20.6. The lowest BCUT2D eigenvalue weighted by Crippen LogP contribution is -2.46. The van der Waals surface area contributed by atoms with Crippen molar-refractivity contribution in [3.05, 3.63) is 30.8 Å². The fourth-order valence-electron chi connectivity index (χ4n) is 2.22. The maximum atomic E-state index is 11.8. The molecule has 0 unspecified atom stereocenters. The van der Waals surface area contributed by atoms with E-state index < -0.39 is 17.4 Å². The first-order valence-corrected chi connectivity index (χ1v) is 8.34. The minimum atomic E-state index is -0.687. The number of ether oxygens (including phenoxy) is 2. The first-order chi connectivity index (χ1) is 13.4. The van der Waals surface area contributed by atoms with Gasteiger partial charge in [-0.15, -0.1) is 5.48 Å². The number of carbonyl (C=O) groups excluding carboxylic acids is 1. The van der Waals surface area contributed by atoms with Crippen molar-refractivity contribution in [2.45, 2.75) is 26.8 Å². The number of benzene rings is 1. The summed E-state index contributed by atoms with van der Waals surface area (Å²) in [5.74, 6) is 0.706. The number of hydrogen-bond acceptors (Lipinski definition) is 9. The molecule has 150 valence electrons. The highest BCUT2D eigenvalue weighted by Gasteiger charge is 2.32. The molecule has 0 amide bonds. The summed E-state index contributed by atoms with van der Waals surface area (Å²) < 4.78 is 15.4. The van der Waals surface area contributed by atoms with E-state index in [0.717, 1.165) is 5.56 Å². The molecule has 1 heterocycles. The molecule has 0 spiro atoms. The lowest BCUT2D eigenvalue weighted by molar-refractivity contribution is -0.149. The van der Waals surface area contributed by atoms with Crippen LogP contribution in [0.25, 0.3) is 11.3 Å². The van der Waals surface area contributed by atoms with E-state index in [-0.39, 0.29) is 0 Å². The molecule has 28 heavy (non-hydrogen) atoms. The highest BCUT2D eigenvalue weighted by Crippen LogP contribution is 2.32. The van der Waals surface area contributed by atoms with Gasteiger partial charge >= 0.3 is 5.97 Å². The maximum Gasteiger partial charge on any atom is 0.326 e. The van der Waals surface area contributed by atoms with E-state index >= 15 is 0 Å². The Hall–Kier alpha value is -3.38. The molecule has 9 nitrogen and oxygen atoms in total. The topological polar surface area (TPSA) is 104 Å². The van der Waals surface area contributed by atoms with E-state index in [4.69, 9.17) is 23.6 Å². The molecule has 1 aromatic heterocycles. The summed E-state index contributed by atoms with van der Waals surface area (Å²) in [4.78, 5) is 25.6. The second-order valence-corrected chi connectivity index (χ2v) is 6.73. The highest BCUT2D eigenvalue weighted by molar-refractivity contribution is 5.76. The third kappa shape index (κ3) is 5.56. The number of anilines is 1. The summed E-state index contributed by atoms with van der Waals surface area (Å²) in [5.41, 5.74) is 6.13. The number of methoxy groups -OCH3 is 2. The smallest absolute Gasteiger partial charge is 0.326 e. The van der Waals surface area contributed by atoms with Crippen molar-refractivity contribution in [1.29, 1.82) is 0 Å². The molecule has 2 rings (SSSR count). The number of carbonyl (C=O) groups is 1. The van der Waals surface area contributed by atoms with Crippen LogP contribution in [-0.2, 0) is 19.2 Å². The number of hydrogen-bond donors (Lipinski definition) is 2. The van der Waals surface area contributed by atoms with Gasteiger partial charge in [0, 0.05) is 6.07 Å². The number of esters is 1. The molecule has 1 aromatic carbocycles. The Labute approximate surface area is 163 Å². The monoisotopic (exact) mass is 389 g/mol. The van der Waals surface area contributed by atoms with Crippen LogP contribution >= 0.6 is 0 Å². The fraction of sp³-hybridized carbons (Fsp3) is 0.368. The molecule has 2 N–H and O–H groups in total. The number of nitrogens with zero attached hydrogens (tertiary/aromatic N) is 1. The number of rotatable bonds is 7. The van der Waals surface area contributed by atoms with Crippen molar-refractivity contribution in [2.75, 3.05) is 19.7 Å². The normalized spacial score (nSPS) is 11.6. The van der Waals surface area contributed by atoms with E-state index in [1.54, 1.807) is 31.5 Å². The van der Waals surface area contributed by atoms with Gasteiger partial charge in [-0.2, -0.15) is 0 Å². The van der Waals surface area contributed by atoms with Gasteiger partial charge in [0.1, 0.15) is 11.8 Å². The first kappa shape index (κ1) is 20.9. The Morgan fingerprint density at radius 1 is 1.21 bits per heavy atom. The molecule has 0 aliphatic heterocycles. The van der Waals surface area contributed by atoms with E-state index in [1.165, 1.54) is 13.5 Å². The molecule has 0 bridgehead atoms. The summed E-state index contributed by atoms with van der Waals surface area (Å²) in [6, 6.07) is 4.58. The Kier molecular flexibility index (Phi) is 7.12. The Balaban J connectivity index is 1.89. The van der Waals surface area contributed by atoms with Gasteiger partial charge in [0.25, 0.3) is 0 Å². The van der Waals surface area contributed by atoms with Crippen LogP contribution in [0, 0.1) is 17.6 Å². The first-order valence-electron chi connectivity index (χ1n) is 8.34. The molecule has 0 radical (unpaired) electrons. The van der Waals surface area contributed by atoms with Gasteiger partial charge in [0.2, 0.25) is 0 Å². The second-order valence-electron chi connectivity index (χ2n) is 6.73. The second kappa shape index (κ2) is 9.53. The molecular formula is C19H23N3O6. The molecule has 0 aliphatic carbocycles. The van der Waals surface area contributed by atoms with Crippen molar-refractivity contribution < 1.29 is 28.4 Å². The van der Waals surface area contributed by atoms with Crippen LogP contribution in [0.1, 0.15) is 20.8 Å². The quantitative estimate of drug-likeness (QED) is 0.420. The predicted octanol–water partition coefficient (Wildman–Crippen LogP) is 2.72. The van der Waals surface area contributed by atoms with Crippen LogP contribution in [0.15, 0.2) is 35.2 Å². The van der Waals surface area contributed by atoms with Crippen LogP contribution in [0.2, 0.25) is 0 Å². The van der Waals surface area contributed by atoms with Crippen molar-refractivity contribution in [3.63, 3.8) is 0 Å². The van der Waals surface area contributed by atoms with E-state index in [1.807, 2.05) is 20.8 Å². The Bertz CT molecular complexity index is 834. The van der Waals surface area contributed by atoms with Gasteiger partial charge in [0.05, 0.1) is 31.7 Å². The number of hydroxylamine groups is 1. The van der Waals surface area contributed by atoms with Gasteiger partial charge < -0.3 is 23.6 Å². The third-order valence-electron chi connectivity index (χ3n) is 3.69. The average molecular weight is 389 g/mol. The van der Waals surface area contributed by atoms with Gasteiger partial charge in [0.15, 0.2) is 24.4 Å². The lowest BCUT2D eigenvalue weighted by atomic mass is 9.87. The Morgan fingerprint density at radius 2 is 1.96 bits per heavy atom. The summed E-state index contributed by atoms with van der Waals surface area (Å²) >= 11 is 0. The molecule has 0 fully saturated rings. The lowest BCUT2D eigenvalue weighted by Gasteiger charge is -2.27. The summed E-state index contributed by atoms with van der Waals surface area (Å²) in [5, 5.41) is 0. The number of aromatic nitrogens is 1. The van der Waals surface area contributed by atoms with Gasteiger partial charge in [-0.05, 0) is 17.5 Å². The number of nitrogens with one attached hydrogen (secondary N) is 2. The van der Waals surface area contributed by atoms with Crippen molar-refractivity contribution in [1.82, 2.24) is 10.5 Å². The van der Waals surface area contributed by atoms with Crippen LogP contribution < -0.4 is 15.7 Å². The molecule has 0 saturated heterocycles. The van der Waals surface area contributed by atoms with Crippen molar-refractivity contribution in [2.24, 2.45) is 5.41 Å². The third-order valence-corrected chi connectivity index (χ3v) is 3.69. The van der Waals surface area contributed by atoms with E-state index in [0.29, 0.717) is 17.2 Å². The van der Waals surface area contributed by atoms with Gasteiger partial charge in [-0.1, -0.05) is 20.8 Å². The zero-order valence-corrected chi connectivity index (χ0v) is 16.4. The standard InChI is InChI=1S/C19H23N3O6/c1-19(2,3)17(18(23)25-5)22-28-9-8-27-21-13-6-7-14(15(10-13)24-4)16-11-20-12-26-16/h6-7,10-12,17,21-22H,1-5H3/t17-/m1/s1. The predicted molar refractivity (Wildman–Crippen MR) is 100 cm³/mol. The molecule has 1 atom stereocenters. The fourth-order valence-corrected chi connectivity index (χ4v) is 2.22. The van der Waals surface area contributed by atoms with Crippen LogP contribution in [0.4, 0.5) is 5.69 Å². The van der Waals surface area contributed by atoms with Crippen LogP contribution in [0.5, 0.6) is 5.75 Å². The molecular weight excluding hydrogens is 366 g/mol. The maximum absolute atomic E-state index is 11.8. The molecule has 0 aliphatic rings. The Morgan fingerprint density at radius 3 is 2.57 bits per heavy atom. The largest absolute Gasteiger partial charge is 0.496 e. The summed E-state index contributed by atoms with van der Waals surface area (Å²) in [7, 11) is 2.86. The average Bonchev–Trinajstić information content (AvgIpc) is 3.20. The molecule has 2 aromatic rings. The minimum absolute atomic E-state index is 0.421. The summed E-state index contributed by atoms with van der Waals surface area (Å²) in [6.07, 6.45) is 7.54. The van der Waals surface area contributed by atoms with Crippen LogP contribution in [-0.4, -0.2) is 31.2 Å². The van der Waals surface area contributed by atoms with Crippen molar-refractivity contribution >= 4 is 11.7 Å². The SMILES string of the molecule is COC(=O)[C@@H](NOC#CONc1ccc(-c2cnco2)c(OC)c1)C(C)(C)C. The molecule has 9 heteroatoms. The van der Waals surface area contributed by atoms with Gasteiger partial charge in [-0.25, -0.2) is 10.5 Å². The van der Waals surface area contributed by atoms with Crippen molar-refractivity contribution in [3.8, 4) is 29.3 Å². The van der Waals surface area contributed by atoms with Gasteiger partial charge in [-0.3, -0.25) is 4.79 Å². The van der Waals surface area contributed by atoms with E-state index in [9.17, 15) is 4.79 Å². The minimum Gasteiger partial charge on any atom is -0.496 e. The highest BCUT2D eigenvalue weighted by atomic mass is 16.7. The zero-order valence-electron chi connectivity index (χ0n) is 16.4. The van der Waals surface area contributed by atoms with E-state index in [2.05, 4.69) is 28.2 Å². The van der Waals surface area contributed by atoms with Crippen LogP contribution in [0.3, 0.4) is 0 Å². The molecule has 0 saturated carbocycles. The number of oxazole rings is 1.